The fourth-order valence-electron chi connectivity index (χ4n) is 6.06. The Hall–Kier alpha value is -3.92. The van der Waals surface area contributed by atoms with Gasteiger partial charge in [-0.15, -0.1) is 0 Å². The summed E-state index contributed by atoms with van der Waals surface area (Å²) in [5, 5.41) is 0. The molecule has 0 atom stereocenters. The molecule has 0 bridgehead atoms. The molecule has 4 aromatic carbocycles. The summed E-state index contributed by atoms with van der Waals surface area (Å²) in [6.45, 7) is 2.63. The first-order valence-corrected chi connectivity index (χ1v) is 17.5. The minimum absolute atomic E-state index is 0.00978. The standard InChI is InChI=1S/C35H29F13O2S/c1-2-3-12-49-23-7-4-19(5-8-23)21-14-29(38)33(30(39)15-21)35(42,43)50-24-9-11-25(28(37)18-24)20-6-10-26(27(36)13-20)22-16-31(40)34(32(41)17-22)51(44,45,46,47)48/h6,9-11,13-19,23H,2-5,7-8,12H2,1H3. The molecule has 2 nitrogen and oxygen atoms in total. The van der Waals surface area contributed by atoms with E-state index in [9.17, 15) is 41.4 Å². The van der Waals surface area contributed by atoms with E-state index in [-0.39, 0.29) is 35.3 Å². The zero-order chi connectivity index (χ0) is 37.6. The number of hydrogen-bond donors (Lipinski definition) is 0. The van der Waals surface area contributed by atoms with Crippen molar-refractivity contribution in [2.75, 3.05) is 6.61 Å². The van der Waals surface area contributed by atoms with Gasteiger partial charge in [0.25, 0.3) is 0 Å². The Bertz CT molecular complexity index is 1890. The molecule has 278 valence electrons. The largest absolute Gasteiger partial charge is 0.432 e. The van der Waals surface area contributed by atoms with Gasteiger partial charge in [-0.2, -0.15) is 8.78 Å². The van der Waals surface area contributed by atoms with Crippen molar-refractivity contribution in [1.29, 1.82) is 0 Å². The maximum atomic E-state index is 15.1. The molecule has 0 aromatic heterocycles. The van der Waals surface area contributed by atoms with E-state index in [0.29, 0.717) is 44.4 Å². The second-order valence-corrected chi connectivity index (χ2v) is 14.6. The maximum Gasteiger partial charge on any atom is 0.432 e. The van der Waals surface area contributed by atoms with E-state index < -0.39 is 84.1 Å². The molecule has 1 aliphatic rings. The van der Waals surface area contributed by atoms with Crippen LogP contribution in [0.15, 0.2) is 65.6 Å². The van der Waals surface area contributed by atoms with Gasteiger partial charge in [0.05, 0.1) is 6.10 Å². The average Bonchev–Trinajstić information content (AvgIpc) is 2.99. The van der Waals surface area contributed by atoms with E-state index in [1.807, 2.05) is 6.92 Å². The Morgan fingerprint density at radius 3 is 1.71 bits per heavy atom. The fourth-order valence-corrected chi connectivity index (χ4v) is 6.91. The molecule has 51 heavy (non-hydrogen) atoms. The van der Waals surface area contributed by atoms with E-state index in [1.165, 1.54) is 0 Å². The number of benzene rings is 4. The van der Waals surface area contributed by atoms with Crippen LogP contribution >= 0.6 is 10.2 Å². The van der Waals surface area contributed by atoms with Crippen molar-refractivity contribution in [3.05, 3.63) is 107 Å². The Kier molecular flexibility index (Phi) is 9.95. The molecule has 16 heteroatoms. The molecular formula is C35H29F13O2S. The quantitative estimate of drug-likeness (QED) is 0.112. The van der Waals surface area contributed by atoms with Crippen LogP contribution in [0.1, 0.15) is 62.5 Å². The summed E-state index contributed by atoms with van der Waals surface area (Å²) in [5.74, 6) is -12.4. The highest BCUT2D eigenvalue weighted by molar-refractivity contribution is 8.45. The van der Waals surface area contributed by atoms with E-state index >= 15 is 13.2 Å². The summed E-state index contributed by atoms with van der Waals surface area (Å²) in [6, 6.07) is 5.67. The number of halogens is 13. The third kappa shape index (κ3) is 8.59. The smallest absolute Gasteiger partial charge is 0.429 e. The van der Waals surface area contributed by atoms with Crippen molar-refractivity contribution in [2.24, 2.45) is 0 Å². The predicted octanol–water partition coefficient (Wildman–Crippen LogP) is 13.5. The van der Waals surface area contributed by atoms with Gasteiger partial charge in [-0.1, -0.05) is 44.9 Å². The van der Waals surface area contributed by atoms with Crippen molar-refractivity contribution in [2.45, 2.75) is 68.5 Å². The molecule has 4 aromatic rings. The van der Waals surface area contributed by atoms with Crippen LogP contribution in [0.25, 0.3) is 22.3 Å². The summed E-state index contributed by atoms with van der Waals surface area (Å²) in [5.41, 5.74) is -3.89. The molecule has 0 radical (unpaired) electrons. The zero-order valence-corrected chi connectivity index (χ0v) is 27.3. The normalized spacial score (nSPS) is 18.3. The molecule has 1 aliphatic carbocycles. The highest BCUT2D eigenvalue weighted by Crippen LogP contribution is 3.02. The molecular weight excluding hydrogens is 731 g/mol. The number of hydrogen-bond acceptors (Lipinski definition) is 2. The molecule has 1 fully saturated rings. The summed E-state index contributed by atoms with van der Waals surface area (Å²) >= 11 is 0. The van der Waals surface area contributed by atoms with Crippen molar-refractivity contribution in [3.63, 3.8) is 0 Å². The van der Waals surface area contributed by atoms with E-state index in [4.69, 9.17) is 4.74 Å². The van der Waals surface area contributed by atoms with Gasteiger partial charge in [0.1, 0.15) is 46.2 Å². The number of ether oxygens (including phenoxy) is 2. The first-order chi connectivity index (χ1) is 23.6. The molecule has 0 amide bonds. The number of rotatable bonds is 11. The van der Waals surface area contributed by atoms with Crippen molar-refractivity contribution in [1.82, 2.24) is 0 Å². The van der Waals surface area contributed by atoms with Gasteiger partial charge in [0, 0.05) is 23.8 Å². The molecule has 1 saturated carbocycles. The van der Waals surface area contributed by atoms with Gasteiger partial charge in [0.15, 0.2) is 4.90 Å². The van der Waals surface area contributed by atoms with Crippen molar-refractivity contribution >= 4 is 10.2 Å². The van der Waals surface area contributed by atoms with Crippen LogP contribution in [0.4, 0.5) is 54.6 Å². The van der Waals surface area contributed by atoms with Gasteiger partial charge < -0.3 is 9.47 Å². The van der Waals surface area contributed by atoms with E-state index in [0.717, 1.165) is 49.2 Å². The first kappa shape index (κ1) is 38.3. The monoisotopic (exact) mass is 760 g/mol. The number of unbranched alkanes of at least 4 members (excludes halogenated alkanes) is 1. The Morgan fingerprint density at radius 1 is 0.647 bits per heavy atom. The van der Waals surface area contributed by atoms with Crippen LogP contribution in [-0.2, 0) is 10.8 Å². The Labute approximate surface area is 283 Å². The third-order valence-electron chi connectivity index (χ3n) is 8.51. The summed E-state index contributed by atoms with van der Waals surface area (Å²) in [6.07, 6.45) is -0.379. The van der Waals surface area contributed by atoms with E-state index in [2.05, 4.69) is 4.74 Å². The van der Waals surface area contributed by atoms with Crippen LogP contribution in [0.3, 0.4) is 0 Å². The topological polar surface area (TPSA) is 18.5 Å². The predicted molar refractivity (Wildman–Crippen MR) is 165 cm³/mol. The molecule has 0 saturated heterocycles. The minimum atomic E-state index is -10.8. The lowest BCUT2D eigenvalue weighted by Crippen LogP contribution is -2.26. The molecule has 0 unspecified atom stereocenters. The molecule has 0 aliphatic heterocycles. The lowest BCUT2D eigenvalue weighted by molar-refractivity contribution is -0.189. The highest BCUT2D eigenvalue weighted by atomic mass is 32.5. The highest BCUT2D eigenvalue weighted by Gasteiger charge is 2.69. The lowest BCUT2D eigenvalue weighted by atomic mass is 9.82. The van der Waals surface area contributed by atoms with E-state index in [1.54, 1.807) is 0 Å². The first-order valence-electron chi connectivity index (χ1n) is 15.6. The summed E-state index contributed by atoms with van der Waals surface area (Å²) < 4.78 is 194. The number of alkyl halides is 2. The van der Waals surface area contributed by atoms with Crippen molar-refractivity contribution in [3.8, 4) is 28.0 Å². The summed E-state index contributed by atoms with van der Waals surface area (Å²) in [4.78, 5) is -3.39. The summed E-state index contributed by atoms with van der Waals surface area (Å²) in [7, 11) is -10.8. The third-order valence-corrected chi connectivity index (χ3v) is 9.68. The fraction of sp³-hybridized carbons (Fsp3) is 0.314. The maximum absolute atomic E-state index is 15.1. The van der Waals surface area contributed by atoms with Crippen LogP contribution in [0.2, 0.25) is 0 Å². The van der Waals surface area contributed by atoms with Crippen LogP contribution in [0, 0.1) is 34.9 Å². The Balaban J connectivity index is 1.32. The molecule has 5 rings (SSSR count). The molecule has 0 heterocycles. The Morgan fingerprint density at radius 2 is 1.18 bits per heavy atom. The van der Waals surface area contributed by atoms with Crippen molar-refractivity contribution < 1.29 is 64.0 Å². The average molecular weight is 761 g/mol. The van der Waals surface area contributed by atoms with Gasteiger partial charge in [0.2, 0.25) is 0 Å². The minimum Gasteiger partial charge on any atom is -0.429 e. The van der Waals surface area contributed by atoms with Gasteiger partial charge in [-0.3, -0.25) is 0 Å². The van der Waals surface area contributed by atoms with Crippen LogP contribution in [0.5, 0.6) is 5.75 Å². The van der Waals surface area contributed by atoms with Gasteiger partial charge >= 0.3 is 16.3 Å². The van der Waals surface area contributed by atoms with Gasteiger partial charge in [-0.25, -0.2) is 26.3 Å². The van der Waals surface area contributed by atoms with Crippen LogP contribution < -0.4 is 4.74 Å². The SMILES string of the molecule is CCCCOC1CCC(c2cc(F)c(C(F)(F)Oc3ccc(-c4ccc(-c5cc(F)c(S(F)(F)(F)(F)F)c(F)c5)c(F)c4)c(F)c3)c(F)c2)CC1. The van der Waals surface area contributed by atoms with Crippen LogP contribution in [-0.4, -0.2) is 12.7 Å². The zero-order valence-electron chi connectivity index (χ0n) is 26.5. The lowest BCUT2D eigenvalue weighted by Gasteiger charge is -2.40. The second kappa shape index (κ2) is 13.2. The molecule has 0 spiro atoms. The second-order valence-electron chi connectivity index (χ2n) is 12.3. The molecule has 0 N–H and O–H groups in total. The van der Waals surface area contributed by atoms with Gasteiger partial charge in [-0.05, 0) is 97.2 Å².